The molecule has 11 aromatic rings. The normalized spacial score (nSPS) is 12.2. The minimum Gasteiger partial charge on any atom is -0.436 e. The molecule has 0 aliphatic rings. The first-order chi connectivity index (χ1) is 23.8. The molecule has 3 heterocycles. The van der Waals surface area contributed by atoms with E-state index < -0.39 is 0 Å². The Hall–Kier alpha value is -6.52. The zero-order chi connectivity index (χ0) is 31.3. The first-order valence-corrected chi connectivity index (χ1v) is 16.3. The van der Waals surface area contributed by atoms with Crippen molar-refractivity contribution < 1.29 is 4.42 Å². The van der Waals surface area contributed by atoms with Gasteiger partial charge in [0.05, 0.1) is 11.0 Å². The number of nitrogens with zero attached hydrogens (tertiary/aromatic N) is 3. The van der Waals surface area contributed by atoms with E-state index in [1.54, 1.807) is 0 Å². The summed E-state index contributed by atoms with van der Waals surface area (Å²) in [6.07, 6.45) is 0. The summed E-state index contributed by atoms with van der Waals surface area (Å²) in [6, 6.07) is 53.8. The van der Waals surface area contributed by atoms with Gasteiger partial charge in [-0.15, -0.1) is 0 Å². The van der Waals surface area contributed by atoms with Crippen molar-refractivity contribution in [2.24, 2.45) is 0 Å². The third-order valence-electron chi connectivity index (χ3n) is 9.96. The summed E-state index contributed by atoms with van der Waals surface area (Å²) in [4.78, 5) is 10.7. The van der Waals surface area contributed by atoms with Crippen molar-refractivity contribution in [2.75, 3.05) is 0 Å². The van der Waals surface area contributed by atoms with Crippen molar-refractivity contribution in [3.8, 4) is 17.1 Å². The van der Waals surface area contributed by atoms with Gasteiger partial charge in [-0.25, -0.2) is 9.97 Å². The van der Waals surface area contributed by atoms with Crippen molar-refractivity contribution in [1.82, 2.24) is 14.5 Å². The lowest BCUT2D eigenvalue weighted by Gasteiger charge is -2.14. The van der Waals surface area contributed by atoms with E-state index in [0.717, 1.165) is 44.6 Å². The molecule has 0 N–H and O–H groups in total. The molecule has 0 fully saturated rings. The van der Waals surface area contributed by atoms with Gasteiger partial charge in [-0.3, -0.25) is 4.57 Å². The highest BCUT2D eigenvalue weighted by Gasteiger charge is 2.24. The molecule has 0 aliphatic heterocycles. The molecule has 0 bridgehead atoms. The number of rotatable bonds is 2. The van der Waals surface area contributed by atoms with Gasteiger partial charge in [0.1, 0.15) is 16.8 Å². The molecular formula is C44H25N3O. The van der Waals surface area contributed by atoms with Crippen LogP contribution in [0, 0.1) is 0 Å². The maximum absolute atomic E-state index is 6.28. The Balaban J connectivity index is 1.40. The monoisotopic (exact) mass is 611 g/mol. The van der Waals surface area contributed by atoms with Crippen LogP contribution >= 0.6 is 0 Å². The van der Waals surface area contributed by atoms with Gasteiger partial charge in [0.25, 0.3) is 0 Å². The van der Waals surface area contributed by atoms with Crippen molar-refractivity contribution in [3.05, 3.63) is 152 Å². The smallest absolute Gasteiger partial charge is 0.247 e. The molecule has 4 nitrogen and oxygen atoms in total. The first-order valence-electron chi connectivity index (χ1n) is 16.3. The summed E-state index contributed by atoms with van der Waals surface area (Å²) >= 11 is 0. The molecule has 0 spiro atoms. The van der Waals surface area contributed by atoms with Crippen molar-refractivity contribution >= 4 is 87.1 Å². The summed E-state index contributed by atoms with van der Waals surface area (Å²) in [6.45, 7) is 0. The van der Waals surface area contributed by atoms with Crippen LogP contribution in [0.3, 0.4) is 0 Å². The zero-order valence-corrected chi connectivity index (χ0v) is 25.7. The van der Waals surface area contributed by atoms with Crippen molar-refractivity contribution in [3.63, 3.8) is 0 Å². The van der Waals surface area contributed by atoms with Gasteiger partial charge >= 0.3 is 0 Å². The third kappa shape index (κ3) is 3.43. The molecule has 0 atom stereocenters. The van der Waals surface area contributed by atoms with Crippen molar-refractivity contribution in [2.45, 2.75) is 0 Å². The Labute approximate surface area is 274 Å². The second kappa shape index (κ2) is 9.50. The van der Waals surface area contributed by atoms with E-state index in [1.807, 2.05) is 36.4 Å². The highest BCUT2D eigenvalue weighted by molar-refractivity contribution is 6.35. The molecule has 222 valence electrons. The van der Waals surface area contributed by atoms with Crippen LogP contribution in [0.5, 0.6) is 0 Å². The SMILES string of the molecule is c1ccc(-c2nc3oc4ccccc4c3nc2-n2c3cc4ccccc4cc3c3c4c5ccccc5c5ccccc5c4ccc32)cc1. The topological polar surface area (TPSA) is 43.9 Å². The number of furan rings is 1. The fourth-order valence-electron chi connectivity index (χ4n) is 7.87. The lowest BCUT2D eigenvalue weighted by molar-refractivity contribution is 0.653. The average Bonchev–Trinajstić information content (AvgIpc) is 3.68. The molecule has 0 saturated carbocycles. The zero-order valence-electron chi connectivity index (χ0n) is 25.7. The van der Waals surface area contributed by atoms with Gasteiger partial charge < -0.3 is 4.42 Å². The number of hydrogen-bond acceptors (Lipinski definition) is 3. The van der Waals surface area contributed by atoms with Crippen LogP contribution in [0.15, 0.2) is 156 Å². The molecule has 4 heteroatoms. The molecule has 11 rings (SSSR count). The Kier molecular flexibility index (Phi) is 5.08. The fourth-order valence-corrected chi connectivity index (χ4v) is 7.87. The standard InChI is InChI=1S/C44H25N3O/c1-2-12-26(13-3-1)41-43(45-42-34-20-10-11-21-38(34)48-44(42)46-41)47-36-23-22-33-31-18-7-6-16-29(31)30-17-8-9-19-32(30)39(33)40(36)35-24-27-14-4-5-15-28(27)25-37(35)47/h1-25H. The molecule has 48 heavy (non-hydrogen) atoms. The second-order valence-corrected chi connectivity index (χ2v) is 12.5. The number of fused-ring (bicyclic) bond motifs is 14. The number of aromatic nitrogens is 3. The van der Waals surface area contributed by atoms with Gasteiger partial charge in [0, 0.05) is 27.1 Å². The summed E-state index contributed by atoms with van der Waals surface area (Å²) in [5.74, 6) is 0.778. The largest absolute Gasteiger partial charge is 0.436 e. The van der Waals surface area contributed by atoms with E-state index in [0.29, 0.717) is 5.71 Å². The molecule has 3 aromatic heterocycles. The van der Waals surface area contributed by atoms with E-state index in [4.69, 9.17) is 14.4 Å². The minimum absolute atomic E-state index is 0.535. The highest BCUT2D eigenvalue weighted by Crippen LogP contribution is 2.45. The molecular weight excluding hydrogens is 587 g/mol. The van der Waals surface area contributed by atoms with Gasteiger partial charge in [0.2, 0.25) is 5.71 Å². The average molecular weight is 612 g/mol. The van der Waals surface area contributed by atoms with Crippen LogP contribution < -0.4 is 0 Å². The summed E-state index contributed by atoms with van der Waals surface area (Å²) in [5.41, 5.74) is 6.01. The Morgan fingerprint density at radius 1 is 0.438 bits per heavy atom. The lowest BCUT2D eigenvalue weighted by Crippen LogP contribution is -2.03. The molecule has 0 radical (unpaired) electrons. The van der Waals surface area contributed by atoms with E-state index in [-0.39, 0.29) is 0 Å². The number of para-hydroxylation sites is 1. The van der Waals surface area contributed by atoms with Gasteiger partial charge in [0.15, 0.2) is 5.82 Å². The molecule has 0 amide bonds. The van der Waals surface area contributed by atoms with Crippen LogP contribution in [-0.2, 0) is 0 Å². The van der Waals surface area contributed by atoms with Crippen LogP contribution in [0.2, 0.25) is 0 Å². The predicted molar refractivity (Wildman–Crippen MR) is 199 cm³/mol. The van der Waals surface area contributed by atoms with Crippen LogP contribution in [0.4, 0.5) is 0 Å². The van der Waals surface area contributed by atoms with Crippen molar-refractivity contribution in [1.29, 1.82) is 0 Å². The minimum atomic E-state index is 0.535. The van der Waals surface area contributed by atoms with E-state index in [1.165, 1.54) is 53.9 Å². The predicted octanol–water partition coefficient (Wildman–Crippen LogP) is 11.8. The quantitative estimate of drug-likeness (QED) is 0.183. The molecule has 8 aromatic carbocycles. The third-order valence-corrected chi connectivity index (χ3v) is 9.96. The summed E-state index contributed by atoms with van der Waals surface area (Å²) in [7, 11) is 0. The van der Waals surface area contributed by atoms with Crippen LogP contribution in [0.1, 0.15) is 0 Å². The highest BCUT2D eigenvalue weighted by atomic mass is 16.3. The Morgan fingerprint density at radius 2 is 1.04 bits per heavy atom. The van der Waals surface area contributed by atoms with E-state index in [9.17, 15) is 0 Å². The van der Waals surface area contributed by atoms with Gasteiger partial charge in [-0.2, -0.15) is 0 Å². The van der Waals surface area contributed by atoms with Crippen LogP contribution in [-0.4, -0.2) is 14.5 Å². The first kappa shape index (κ1) is 25.6. The molecule has 0 aliphatic carbocycles. The van der Waals surface area contributed by atoms with Crippen LogP contribution in [0.25, 0.3) is 104 Å². The number of hydrogen-bond donors (Lipinski definition) is 0. The second-order valence-electron chi connectivity index (χ2n) is 12.5. The van der Waals surface area contributed by atoms with Gasteiger partial charge in [-0.1, -0.05) is 121 Å². The summed E-state index contributed by atoms with van der Waals surface area (Å²) < 4.78 is 8.61. The molecule has 0 unspecified atom stereocenters. The summed E-state index contributed by atoms with van der Waals surface area (Å²) in [5, 5.41) is 13.3. The number of benzene rings is 8. The van der Waals surface area contributed by atoms with Gasteiger partial charge in [-0.05, 0) is 68.0 Å². The molecule has 0 saturated heterocycles. The fraction of sp³-hybridized carbons (Fsp3) is 0. The maximum Gasteiger partial charge on any atom is 0.247 e. The Morgan fingerprint density at radius 3 is 1.81 bits per heavy atom. The maximum atomic E-state index is 6.28. The lowest BCUT2D eigenvalue weighted by atomic mass is 9.91. The van der Waals surface area contributed by atoms with E-state index >= 15 is 0 Å². The Bertz CT molecular complexity index is 3080. The van der Waals surface area contributed by atoms with E-state index in [2.05, 4.69) is 120 Å².